The molecule has 0 aliphatic carbocycles. The zero-order valence-electron chi connectivity index (χ0n) is 9.92. The van der Waals surface area contributed by atoms with Gasteiger partial charge in [-0.2, -0.15) is 0 Å². The Morgan fingerprint density at radius 3 is 2.69 bits per heavy atom. The smallest absolute Gasteiger partial charge is 0.122 e. The molecule has 1 heterocycles. The number of hydrogen-bond acceptors (Lipinski definition) is 2. The highest BCUT2D eigenvalue weighted by Gasteiger charge is 2.33. The number of aryl methyl sites for hydroxylation is 2. The lowest BCUT2D eigenvalue weighted by molar-refractivity contribution is 0.368. The molecule has 1 aromatic rings. The summed E-state index contributed by atoms with van der Waals surface area (Å²) in [5.74, 6) is 0.926. The van der Waals surface area contributed by atoms with Gasteiger partial charge in [0.1, 0.15) is 5.75 Å². The van der Waals surface area contributed by atoms with Crippen LogP contribution in [0.1, 0.15) is 24.5 Å². The number of methoxy groups -OCH3 is 1. The van der Waals surface area contributed by atoms with Gasteiger partial charge in [-0.1, -0.05) is 11.6 Å². The first-order valence-electron chi connectivity index (χ1n) is 5.60. The lowest BCUT2D eigenvalue weighted by Gasteiger charge is -2.10. The van der Waals surface area contributed by atoms with E-state index in [1.165, 1.54) is 5.56 Å². The molecule has 2 atom stereocenters. The van der Waals surface area contributed by atoms with Crippen LogP contribution in [-0.2, 0) is 11.2 Å². The van der Waals surface area contributed by atoms with Crippen LogP contribution in [0, 0.1) is 6.92 Å². The minimum Gasteiger partial charge on any atom is -0.496 e. The van der Waals surface area contributed by atoms with E-state index in [1.54, 1.807) is 7.11 Å². The van der Waals surface area contributed by atoms with Crippen molar-refractivity contribution in [1.29, 1.82) is 0 Å². The number of benzene rings is 1. The Morgan fingerprint density at radius 2 is 2.12 bits per heavy atom. The van der Waals surface area contributed by atoms with E-state index in [-0.39, 0.29) is 0 Å². The van der Waals surface area contributed by atoms with Crippen molar-refractivity contribution in [2.45, 2.75) is 38.9 Å². The van der Waals surface area contributed by atoms with E-state index in [4.69, 9.17) is 21.1 Å². The van der Waals surface area contributed by atoms with Gasteiger partial charge in [-0.3, -0.25) is 0 Å². The van der Waals surface area contributed by atoms with Gasteiger partial charge in [-0.15, -0.1) is 0 Å². The van der Waals surface area contributed by atoms with Crippen LogP contribution in [-0.4, -0.2) is 19.3 Å². The lowest BCUT2D eigenvalue weighted by Crippen LogP contribution is -1.98. The van der Waals surface area contributed by atoms with E-state index in [0.717, 1.165) is 29.2 Å². The maximum atomic E-state index is 6.12. The summed E-state index contributed by atoms with van der Waals surface area (Å²) in [6.07, 6.45) is 2.84. The molecular weight excluding hydrogens is 224 g/mol. The third kappa shape index (κ3) is 2.50. The van der Waals surface area contributed by atoms with Crippen molar-refractivity contribution in [1.82, 2.24) is 0 Å². The molecule has 0 aromatic heterocycles. The van der Waals surface area contributed by atoms with Gasteiger partial charge in [-0.05, 0) is 49.9 Å². The first kappa shape index (κ1) is 11.7. The number of halogens is 1. The summed E-state index contributed by atoms with van der Waals surface area (Å²) >= 11 is 6.12. The molecule has 88 valence electrons. The van der Waals surface area contributed by atoms with Crippen LogP contribution in [0.2, 0.25) is 5.02 Å². The summed E-state index contributed by atoms with van der Waals surface area (Å²) in [5.41, 5.74) is 2.22. The molecule has 0 saturated carbocycles. The van der Waals surface area contributed by atoms with Gasteiger partial charge in [0.05, 0.1) is 19.3 Å². The highest BCUT2D eigenvalue weighted by Crippen LogP contribution is 2.31. The van der Waals surface area contributed by atoms with Crippen LogP contribution in [0.4, 0.5) is 0 Å². The third-order valence-electron chi connectivity index (χ3n) is 3.10. The summed E-state index contributed by atoms with van der Waals surface area (Å²) in [5, 5.41) is 0.806. The summed E-state index contributed by atoms with van der Waals surface area (Å²) in [4.78, 5) is 0. The van der Waals surface area contributed by atoms with E-state index in [1.807, 2.05) is 19.1 Å². The average molecular weight is 241 g/mol. The summed E-state index contributed by atoms with van der Waals surface area (Å²) < 4.78 is 10.8. The van der Waals surface area contributed by atoms with E-state index in [9.17, 15) is 0 Å². The molecule has 0 N–H and O–H groups in total. The summed E-state index contributed by atoms with van der Waals surface area (Å²) in [7, 11) is 1.70. The van der Waals surface area contributed by atoms with Crippen LogP contribution in [0.25, 0.3) is 0 Å². The Bertz CT molecular complexity index is 390. The largest absolute Gasteiger partial charge is 0.496 e. The summed E-state index contributed by atoms with van der Waals surface area (Å²) in [6.45, 7) is 4.09. The predicted octanol–water partition coefficient (Wildman–Crippen LogP) is 3.38. The molecule has 0 amide bonds. The Morgan fingerprint density at radius 1 is 1.44 bits per heavy atom. The minimum absolute atomic E-state index is 0.421. The highest BCUT2D eigenvalue weighted by atomic mass is 35.5. The van der Waals surface area contributed by atoms with Crippen LogP contribution in [0.5, 0.6) is 5.75 Å². The van der Waals surface area contributed by atoms with Gasteiger partial charge < -0.3 is 9.47 Å². The van der Waals surface area contributed by atoms with Gasteiger partial charge in [-0.25, -0.2) is 0 Å². The second-order valence-corrected chi connectivity index (χ2v) is 4.74. The quantitative estimate of drug-likeness (QED) is 0.753. The van der Waals surface area contributed by atoms with Gasteiger partial charge in [0.15, 0.2) is 0 Å². The van der Waals surface area contributed by atoms with Crippen molar-refractivity contribution >= 4 is 11.6 Å². The lowest BCUT2D eigenvalue weighted by atomic mass is 10.0. The maximum Gasteiger partial charge on any atom is 0.122 e. The van der Waals surface area contributed by atoms with Crippen molar-refractivity contribution in [2.75, 3.05) is 7.11 Å². The fraction of sp³-hybridized carbons (Fsp3) is 0.538. The van der Waals surface area contributed by atoms with E-state index >= 15 is 0 Å². The fourth-order valence-corrected chi connectivity index (χ4v) is 2.10. The van der Waals surface area contributed by atoms with Crippen LogP contribution in [0.15, 0.2) is 12.1 Å². The zero-order chi connectivity index (χ0) is 11.7. The second-order valence-electron chi connectivity index (χ2n) is 4.33. The number of epoxide rings is 1. The minimum atomic E-state index is 0.421. The fourth-order valence-electron chi connectivity index (χ4n) is 1.91. The normalized spacial score (nSPS) is 23.2. The average Bonchev–Trinajstić information content (AvgIpc) is 2.96. The van der Waals surface area contributed by atoms with Crippen LogP contribution in [0.3, 0.4) is 0 Å². The first-order valence-corrected chi connectivity index (χ1v) is 5.98. The molecule has 2 rings (SSSR count). The number of ether oxygens (including phenoxy) is 2. The molecule has 0 bridgehead atoms. The van der Waals surface area contributed by atoms with E-state index in [0.29, 0.717) is 12.2 Å². The first-order chi connectivity index (χ1) is 7.61. The maximum absolute atomic E-state index is 6.12. The molecule has 1 aliphatic heterocycles. The van der Waals surface area contributed by atoms with Gasteiger partial charge in [0.25, 0.3) is 0 Å². The molecule has 16 heavy (non-hydrogen) atoms. The SMILES string of the molecule is COc1cc(C)c(Cl)cc1CCC1OC1C. The molecule has 0 radical (unpaired) electrons. The Balaban J connectivity index is 2.09. The van der Waals surface area contributed by atoms with E-state index in [2.05, 4.69) is 6.92 Å². The standard InChI is InChI=1S/C13H17ClO2/c1-8-6-13(15-3)10(7-11(8)14)4-5-12-9(2)16-12/h6-7,9,12H,4-5H2,1-3H3. The van der Waals surface area contributed by atoms with Crippen molar-refractivity contribution < 1.29 is 9.47 Å². The van der Waals surface area contributed by atoms with Gasteiger partial charge >= 0.3 is 0 Å². The predicted molar refractivity (Wildman–Crippen MR) is 65.4 cm³/mol. The summed E-state index contributed by atoms with van der Waals surface area (Å²) in [6, 6.07) is 4.00. The zero-order valence-corrected chi connectivity index (χ0v) is 10.7. The van der Waals surface area contributed by atoms with Crippen LogP contribution >= 0.6 is 11.6 Å². The monoisotopic (exact) mass is 240 g/mol. The molecule has 1 aromatic carbocycles. The van der Waals surface area contributed by atoms with Crippen molar-refractivity contribution in [3.8, 4) is 5.75 Å². The molecule has 1 aliphatic rings. The highest BCUT2D eigenvalue weighted by molar-refractivity contribution is 6.31. The van der Waals surface area contributed by atoms with E-state index < -0.39 is 0 Å². The molecule has 3 heteroatoms. The van der Waals surface area contributed by atoms with Crippen LogP contribution < -0.4 is 4.74 Å². The van der Waals surface area contributed by atoms with Gasteiger partial charge in [0, 0.05) is 5.02 Å². The molecule has 1 fully saturated rings. The molecule has 2 nitrogen and oxygen atoms in total. The number of hydrogen-bond donors (Lipinski definition) is 0. The Hall–Kier alpha value is -0.730. The topological polar surface area (TPSA) is 21.8 Å². The van der Waals surface area contributed by atoms with Gasteiger partial charge in [0.2, 0.25) is 0 Å². The molecular formula is C13H17ClO2. The molecule has 1 saturated heterocycles. The van der Waals surface area contributed by atoms with Crippen molar-refractivity contribution in [3.05, 3.63) is 28.3 Å². The number of rotatable bonds is 4. The van der Waals surface area contributed by atoms with Crippen molar-refractivity contribution in [3.63, 3.8) is 0 Å². The third-order valence-corrected chi connectivity index (χ3v) is 3.50. The Labute approximate surface area is 102 Å². The Kier molecular flexibility index (Phi) is 3.41. The molecule has 2 unspecified atom stereocenters. The van der Waals surface area contributed by atoms with Crippen molar-refractivity contribution in [2.24, 2.45) is 0 Å². The molecule has 0 spiro atoms. The second kappa shape index (κ2) is 4.64.